The molecule has 0 unspecified atom stereocenters. The second-order valence-electron chi connectivity index (χ2n) is 7.92. The molecule has 6 heteroatoms. The summed E-state index contributed by atoms with van der Waals surface area (Å²) in [5, 5.41) is 1.71. The minimum absolute atomic E-state index is 0.255. The van der Waals surface area contributed by atoms with E-state index in [0.29, 0.717) is 18.0 Å². The highest BCUT2D eigenvalue weighted by Crippen LogP contribution is 2.47. The highest BCUT2D eigenvalue weighted by molar-refractivity contribution is 6.23. The van der Waals surface area contributed by atoms with Crippen molar-refractivity contribution in [2.75, 3.05) is 16.6 Å². The largest absolute Gasteiger partial charge is 0.494 e. The zero-order valence-corrected chi connectivity index (χ0v) is 17.8. The summed E-state index contributed by atoms with van der Waals surface area (Å²) in [7, 11) is 0. The van der Waals surface area contributed by atoms with Gasteiger partial charge in [0.1, 0.15) is 11.7 Å². The van der Waals surface area contributed by atoms with Crippen molar-refractivity contribution in [3.8, 4) is 5.75 Å². The Bertz CT molecular complexity index is 1100. The topological polar surface area (TPSA) is 59.1 Å². The number of imide groups is 1. The molecular weight excluding hydrogens is 404 g/mol. The third-order valence-electron chi connectivity index (χ3n) is 5.83. The van der Waals surface area contributed by atoms with Crippen LogP contribution in [0.15, 0.2) is 84.9 Å². The van der Waals surface area contributed by atoms with Crippen LogP contribution in [0, 0.1) is 5.92 Å². The number of nitrogens with zero attached hydrogens (tertiary/aromatic N) is 2. The first-order chi connectivity index (χ1) is 15.7. The molecule has 2 saturated heterocycles. The molecule has 0 aliphatic carbocycles. The number of benzene rings is 3. The van der Waals surface area contributed by atoms with Gasteiger partial charge in [-0.05, 0) is 48.4 Å². The molecular formula is C26H24N2O4. The predicted octanol–water partition coefficient (Wildman–Crippen LogP) is 4.53. The number of fused-ring (bicyclic) bond motifs is 1. The maximum Gasteiger partial charge on any atom is 0.266 e. The molecule has 32 heavy (non-hydrogen) atoms. The van der Waals surface area contributed by atoms with E-state index < -0.39 is 18.1 Å². The molecule has 0 aromatic heterocycles. The van der Waals surface area contributed by atoms with Crippen molar-refractivity contribution in [3.05, 3.63) is 90.5 Å². The van der Waals surface area contributed by atoms with E-state index in [1.165, 1.54) is 4.90 Å². The van der Waals surface area contributed by atoms with Crippen molar-refractivity contribution >= 4 is 23.2 Å². The second-order valence-corrected chi connectivity index (χ2v) is 7.92. The average Bonchev–Trinajstić information content (AvgIpc) is 3.35. The van der Waals surface area contributed by atoms with E-state index >= 15 is 0 Å². The van der Waals surface area contributed by atoms with Gasteiger partial charge in [0, 0.05) is 0 Å². The van der Waals surface area contributed by atoms with Crippen LogP contribution >= 0.6 is 0 Å². The molecule has 5 rings (SSSR count). The number of hydrogen-bond acceptors (Lipinski definition) is 5. The van der Waals surface area contributed by atoms with Crippen molar-refractivity contribution in [1.29, 1.82) is 0 Å². The van der Waals surface area contributed by atoms with E-state index in [1.54, 1.807) is 29.3 Å². The Balaban J connectivity index is 1.49. The van der Waals surface area contributed by atoms with Gasteiger partial charge in [0.2, 0.25) is 5.91 Å². The van der Waals surface area contributed by atoms with Crippen LogP contribution in [0.4, 0.5) is 11.4 Å². The third-order valence-corrected chi connectivity index (χ3v) is 5.83. The Morgan fingerprint density at radius 2 is 1.47 bits per heavy atom. The zero-order valence-electron chi connectivity index (χ0n) is 17.8. The molecule has 2 aliphatic heterocycles. The molecule has 3 atom stereocenters. The van der Waals surface area contributed by atoms with Crippen molar-refractivity contribution in [2.24, 2.45) is 5.92 Å². The van der Waals surface area contributed by atoms with E-state index in [1.807, 2.05) is 67.6 Å². The van der Waals surface area contributed by atoms with Crippen molar-refractivity contribution in [3.63, 3.8) is 0 Å². The summed E-state index contributed by atoms with van der Waals surface area (Å²) in [5.74, 6) is -0.527. The fourth-order valence-electron chi connectivity index (χ4n) is 4.37. The quantitative estimate of drug-likeness (QED) is 0.540. The number of carbonyl (C=O) groups is 2. The lowest BCUT2D eigenvalue weighted by Crippen LogP contribution is -2.37. The van der Waals surface area contributed by atoms with Gasteiger partial charge in [-0.1, -0.05) is 55.5 Å². The molecule has 6 nitrogen and oxygen atoms in total. The Labute approximate surface area is 186 Å². The molecule has 2 heterocycles. The Morgan fingerprint density at radius 1 is 0.812 bits per heavy atom. The molecule has 3 aromatic carbocycles. The van der Waals surface area contributed by atoms with Crippen LogP contribution in [0.2, 0.25) is 0 Å². The van der Waals surface area contributed by atoms with Gasteiger partial charge in [0.15, 0.2) is 6.10 Å². The molecule has 0 radical (unpaired) electrons. The summed E-state index contributed by atoms with van der Waals surface area (Å²) in [6, 6.07) is 25.9. The van der Waals surface area contributed by atoms with Gasteiger partial charge in [-0.15, -0.1) is 0 Å². The van der Waals surface area contributed by atoms with Gasteiger partial charge in [-0.2, -0.15) is 0 Å². The van der Waals surface area contributed by atoms with Gasteiger partial charge in [0.25, 0.3) is 5.91 Å². The van der Waals surface area contributed by atoms with E-state index in [9.17, 15) is 9.59 Å². The predicted molar refractivity (Wildman–Crippen MR) is 121 cm³/mol. The van der Waals surface area contributed by atoms with Crippen LogP contribution in [0.3, 0.4) is 0 Å². The van der Waals surface area contributed by atoms with Gasteiger partial charge < -0.3 is 4.74 Å². The maximum absolute atomic E-state index is 13.6. The van der Waals surface area contributed by atoms with E-state index in [-0.39, 0.29) is 11.8 Å². The first kappa shape index (κ1) is 20.3. The Kier molecular flexibility index (Phi) is 5.37. The monoisotopic (exact) mass is 428 g/mol. The average molecular weight is 428 g/mol. The highest BCUT2D eigenvalue weighted by atomic mass is 16.7. The number of carbonyl (C=O) groups excluding carboxylic acids is 2. The summed E-state index contributed by atoms with van der Waals surface area (Å²) in [6.07, 6.45) is 0.0357. The molecule has 162 valence electrons. The highest BCUT2D eigenvalue weighted by Gasteiger charge is 2.60. The maximum atomic E-state index is 13.6. The third kappa shape index (κ3) is 3.42. The lowest BCUT2D eigenvalue weighted by Gasteiger charge is -2.28. The first-order valence-electron chi connectivity index (χ1n) is 10.9. The smallest absolute Gasteiger partial charge is 0.266 e. The van der Waals surface area contributed by atoms with Crippen molar-refractivity contribution < 1.29 is 19.2 Å². The van der Waals surface area contributed by atoms with Crippen molar-refractivity contribution in [2.45, 2.75) is 25.5 Å². The molecule has 2 aliphatic rings. The second kappa shape index (κ2) is 8.48. The van der Waals surface area contributed by atoms with Gasteiger partial charge in [-0.25, -0.2) is 9.96 Å². The number of hydrogen-bond donors (Lipinski definition) is 0. The normalized spacial score (nSPS) is 22.3. The van der Waals surface area contributed by atoms with Crippen molar-refractivity contribution in [1.82, 2.24) is 0 Å². The number of para-hydroxylation sites is 1. The molecule has 3 aromatic rings. The van der Waals surface area contributed by atoms with E-state index in [2.05, 4.69) is 0 Å². The lowest BCUT2D eigenvalue weighted by atomic mass is 9.90. The SMILES string of the molecule is CCCOc1ccc(N2C(=O)[C@@H]3[C@@H](ON(c4ccccc4)[C@H]3c3ccccc3)C2=O)cc1. The van der Waals surface area contributed by atoms with Crippen LogP contribution in [-0.4, -0.2) is 24.5 Å². The molecule has 2 amide bonds. The number of rotatable bonds is 6. The lowest BCUT2D eigenvalue weighted by molar-refractivity contribution is -0.126. The fourth-order valence-corrected chi connectivity index (χ4v) is 4.37. The molecule has 0 spiro atoms. The molecule has 0 bridgehead atoms. The van der Waals surface area contributed by atoms with Gasteiger partial charge in [-0.3, -0.25) is 14.4 Å². The minimum Gasteiger partial charge on any atom is -0.494 e. The van der Waals surface area contributed by atoms with Crippen LogP contribution in [0.1, 0.15) is 24.9 Å². The zero-order chi connectivity index (χ0) is 22.1. The van der Waals surface area contributed by atoms with Gasteiger partial charge >= 0.3 is 0 Å². The van der Waals surface area contributed by atoms with Gasteiger partial charge in [0.05, 0.1) is 24.0 Å². The van der Waals surface area contributed by atoms with Crippen LogP contribution < -0.4 is 14.7 Å². The molecule has 2 fully saturated rings. The standard InChI is InChI=1S/C26H24N2O4/c1-2-17-31-21-15-13-19(14-16-21)27-25(29)22-23(18-9-5-3-6-10-18)28(32-24(22)26(27)30)20-11-7-4-8-12-20/h3-16,22-24H,2,17H2,1H3/t22-,23-,24+/m0/s1. The molecule has 0 N–H and O–H groups in total. The minimum atomic E-state index is -0.871. The number of anilines is 2. The van der Waals surface area contributed by atoms with Crippen LogP contribution in [0.5, 0.6) is 5.75 Å². The Morgan fingerprint density at radius 3 is 2.12 bits per heavy atom. The van der Waals surface area contributed by atoms with Crippen LogP contribution in [0.25, 0.3) is 0 Å². The summed E-state index contributed by atoms with van der Waals surface area (Å²) in [6.45, 7) is 2.66. The number of hydroxylamine groups is 1. The number of ether oxygens (including phenoxy) is 1. The molecule has 0 saturated carbocycles. The summed E-state index contributed by atoms with van der Waals surface area (Å²) < 4.78 is 5.62. The summed E-state index contributed by atoms with van der Waals surface area (Å²) in [4.78, 5) is 34.3. The fraction of sp³-hybridized carbons (Fsp3) is 0.231. The van der Waals surface area contributed by atoms with E-state index in [0.717, 1.165) is 17.7 Å². The Hall–Kier alpha value is -3.64. The summed E-state index contributed by atoms with van der Waals surface area (Å²) >= 11 is 0. The van der Waals surface area contributed by atoms with Crippen LogP contribution in [-0.2, 0) is 14.4 Å². The number of amides is 2. The van der Waals surface area contributed by atoms with E-state index in [4.69, 9.17) is 9.57 Å². The first-order valence-corrected chi connectivity index (χ1v) is 10.9. The summed E-state index contributed by atoms with van der Waals surface area (Å²) in [5.41, 5.74) is 2.26.